The zero-order valence-corrected chi connectivity index (χ0v) is 28.4. The van der Waals surface area contributed by atoms with Crippen LogP contribution in [-0.4, -0.2) is 9.13 Å². The van der Waals surface area contributed by atoms with Crippen molar-refractivity contribution in [2.45, 2.75) is 12.5 Å². The summed E-state index contributed by atoms with van der Waals surface area (Å²) >= 11 is 0. The van der Waals surface area contributed by atoms with Crippen LogP contribution in [0, 0.1) is 0 Å². The molecule has 0 bridgehead atoms. The highest BCUT2D eigenvalue weighted by atomic mass is 15.0. The largest absolute Gasteiger partial charge is 0.333 e. The van der Waals surface area contributed by atoms with E-state index in [0.717, 1.165) is 6.42 Å². The minimum Gasteiger partial charge on any atom is -0.333 e. The first-order valence-electron chi connectivity index (χ1n) is 18.3. The van der Waals surface area contributed by atoms with Crippen LogP contribution in [0.25, 0.3) is 105 Å². The molecule has 9 aromatic carbocycles. The summed E-state index contributed by atoms with van der Waals surface area (Å²) in [6.07, 6.45) is 5.84. The number of hydrogen-bond donors (Lipinski definition) is 0. The van der Waals surface area contributed by atoms with Crippen LogP contribution in [-0.2, 0) is 0 Å². The van der Waals surface area contributed by atoms with Crippen LogP contribution in [0.15, 0.2) is 164 Å². The van der Waals surface area contributed by atoms with Crippen molar-refractivity contribution in [1.82, 2.24) is 9.13 Å². The molecule has 1 aliphatic carbocycles. The van der Waals surface area contributed by atoms with Crippen LogP contribution >= 0.6 is 0 Å². The quantitative estimate of drug-likeness (QED) is 0.163. The average Bonchev–Trinajstić information content (AvgIpc) is 3.72. The van der Waals surface area contributed by atoms with E-state index in [9.17, 15) is 0 Å². The summed E-state index contributed by atoms with van der Waals surface area (Å²) in [5.74, 6) is 0. The van der Waals surface area contributed by atoms with Gasteiger partial charge in [-0.05, 0) is 97.0 Å². The summed E-state index contributed by atoms with van der Waals surface area (Å²) < 4.78 is 5.05. The molecule has 2 nitrogen and oxygen atoms in total. The number of hydrogen-bond acceptors (Lipinski definition) is 0. The smallest absolute Gasteiger partial charge is 0.0566 e. The molecule has 11 aromatic rings. The highest BCUT2D eigenvalue weighted by Crippen LogP contribution is 2.46. The highest BCUT2D eigenvalue weighted by molar-refractivity contribution is 6.36. The van der Waals surface area contributed by atoms with Gasteiger partial charge in [-0.15, -0.1) is 0 Å². The predicted molar refractivity (Wildman–Crippen MR) is 222 cm³/mol. The molecule has 1 atom stereocenters. The first-order valence-corrected chi connectivity index (χ1v) is 18.3. The second kappa shape index (κ2) is 10.4. The van der Waals surface area contributed by atoms with Gasteiger partial charge in [-0.3, -0.25) is 0 Å². The van der Waals surface area contributed by atoms with E-state index in [1.54, 1.807) is 0 Å². The summed E-state index contributed by atoms with van der Waals surface area (Å²) in [4.78, 5) is 0. The Balaban J connectivity index is 1.21. The fraction of sp³-hybridized carbons (Fsp3) is 0.0400. The molecule has 1 unspecified atom stereocenters. The molecular weight excluding hydrogens is 629 g/mol. The van der Waals surface area contributed by atoms with Gasteiger partial charge in [0, 0.05) is 38.1 Å². The lowest BCUT2D eigenvalue weighted by Gasteiger charge is -2.20. The lowest BCUT2D eigenvalue weighted by Crippen LogP contribution is -2.29. The SMILES string of the molecule is C1=c2ccccc2=CC(n2c3ccccc3c3cc4c(cc32)c2ccccc2c2c4ccc3c2c2ccccc2n3-c2ccc3ccccc3c2)C1. The normalized spacial score (nSPS) is 14.6. The lowest BCUT2D eigenvalue weighted by molar-refractivity contribution is 0.695. The number of benzene rings is 9. The minimum atomic E-state index is 0.238. The standard InChI is InChI=1S/C50H32N2/c1-3-13-33-27-35(23-21-31(33)11-1)51-46-20-10-8-18-41(46)50-47(51)26-25-40-42-29-44-38-16-7-9-19-45(38)52(36-24-22-32-12-2-4-14-34(32)28-36)48(44)30-43(42)37-15-5-6-17-39(37)49(40)50/h1-23,25-30,36H,24H2. The second-order valence-electron chi connectivity index (χ2n) is 14.4. The Morgan fingerprint density at radius 1 is 0.385 bits per heavy atom. The molecule has 2 heterocycles. The van der Waals surface area contributed by atoms with Crippen molar-refractivity contribution < 1.29 is 0 Å². The minimum absolute atomic E-state index is 0.238. The molecule has 2 aromatic heterocycles. The van der Waals surface area contributed by atoms with Gasteiger partial charge in [0.2, 0.25) is 0 Å². The Morgan fingerprint density at radius 2 is 1.06 bits per heavy atom. The van der Waals surface area contributed by atoms with Crippen molar-refractivity contribution in [3.63, 3.8) is 0 Å². The van der Waals surface area contributed by atoms with Crippen LogP contribution in [0.3, 0.4) is 0 Å². The molecule has 0 fully saturated rings. The van der Waals surface area contributed by atoms with Crippen molar-refractivity contribution in [1.29, 1.82) is 0 Å². The first-order chi connectivity index (χ1) is 25.8. The van der Waals surface area contributed by atoms with Gasteiger partial charge in [-0.1, -0.05) is 133 Å². The fourth-order valence-corrected chi connectivity index (χ4v) is 9.49. The van der Waals surface area contributed by atoms with E-state index in [0.29, 0.717) is 0 Å². The monoisotopic (exact) mass is 660 g/mol. The summed E-state index contributed by atoms with van der Waals surface area (Å²) in [5, 5.41) is 18.2. The Hall–Kier alpha value is -6.64. The van der Waals surface area contributed by atoms with Gasteiger partial charge in [0.15, 0.2) is 0 Å². The van der Waals surface area contributed by atoms with Crippen LogP contribution in [0.4, 0.5) is 0 Å². The van der Waals surface area contributed by atoms with E-state index in [-0.39, 0.29) is 6.04 Å². The second-order valence-corrected chi connectivity index (χ2v) is 14.4. The predicted octanol–water partition coefficient (Wildman–Crippen LogP) is 11.7. The van der Waals surface area contributed by atoms with Crippen molar-refractivity contribution in [3.05, 3.63) is 174 Å². The van der Waals surface area contributed by atoms with Gasteiger partial charge < -0.3 is 9.13 Å². The van der Waals surface area contributed by atoms with Gasteiger partial charge >= 0.3 is 0 Å². The van der Waals surface area contributed by atoms with Crippen LogP contribution in [0.2, 0.25) is 0 Å². The Labute approximate surface area is 299 Å². The number of aromatic nitrogens is 2. The molecule has 1 aliphatic rings. The molecule has 2 heteroatoms. The first kappa shape index (κ1) is 28.1. The molecule has 52 heavy (non-hydrogen) atoms. The van der Waals surface area contributed by atoms with E-state index < -0.39 is 0 Å². The maximum Gasteiger partial charge on any atom is 0.0566 e. The van der Waals surface area contributed by atoms with Crippen molar-refractivity contribution in [3.8, 4) is 5.69 Å². The fourth-order valence-electron chi connectivity index (χ4n) is 9.49. The Bertz CT molecular complexity index is 3450. The molecule has 0 radical (unpaired) electrons. The third kappa shape index (κ3) is 3.79. The summed E-state index contributed by atoms with van der Waals surface area (Å²) in [7, 11) is 0. The molecule has 0 saturated heterocycles. The van der Waals surface area contributed by atoms with E-state index >= 15 is 0 Å². The van der Waals surface area contributed by atoms with Gasteiger partial charge in [0.05, 0.1) is 22.6 Å². The summed E-state index contributed by atoms with van der Waals surface area (Å²) in [6, 6.07) is 61.2. The molecule has 0 amide bonds. The van der Waals surface area contributed by atoms with Crippen molar-refractivity contribution in [2.24, 2.45) is 0 Å². The number of nitrogens with zero attached hydrogens (tertiary/aromatic N) is 2. The molecule has 242 valence electrons. The highest BCUT2D eigenvalue weighted by Gasteiger charge is 2.22. The topological polar surface area (TPSA) is 9.86 Å². The van der Waals surface area contributed by atoms with E-state index in [1.165, 1.54) is 103 Å². The van der Waals surface area contributed by atoms with Gasteiger partial charge in [0.25, 0.3) is 0 Å². The maximum atomic E-state index is 2.59. The van der Waals surface area contributed by atoms with Crippen LogP contribution < -0.4 is 10.4 Å². The molecule has 0 N–H and O–H groups in total. The van der Waals surface area contributed by atoms with E-state index in [2.05, 4.69) is 185 Å². The molecule has 0 spiro atoms. The third-order valence-electron chi connectivity index (χ3n) is 11.7. The van der Waals surface area contributed by atoms with Crippen LogP contribution in [0.5, 0.6) is 0 Å². The van der Waals surface area contributed by atoms with Crippen molar-refractivity contribution in [2.75, 3.05) is 0 Å². The van der Waals surface area contributed by atoms with E-state index in [1.807, 2.05) is 0 Å². The van der Waals surface area contributed by atoms with Gasteiger partial charge in [-0.25, -0.2) is 0 Å². The Kier molecular flexibility index (Phi) is 5.64. The average molecular weight is 661 g/mol. The molecule has 0 saturated carbocycles. The maximum absolute atomic E-state index is 2.59. The molecule has 12 rings (SSSR count). The van der Waals surface area contributed by atoms with Gasteiger partial charge in [0.1, 0.15) is 0 Å². The number of fused-ring (bicyclic) bond motifs is 15. The third-order valence-corrected chi connectivity index (χ3v) is 11.7. The zero-order chi connectivity index (χ0) is 33.9. The lowest BCUT2D eigenvalue weighted by atomic mass is 9.91. The van der Waals surface area contributed by atoms with Gasteiger partial charge in [-0.2, -0.15) is 0 Å². The Morgan fingerprint density at radius 3 is 1.94 bits per heavy atom. The van der Waals surface area contributed by atoms with Crippen LogP contribution in [0.1, 0.15) is 12.5 Å². The van der Waals surface area contributed by atoms with Crippen molar-refractivity contribution >= 4 is 98.9 Å². The molecular formula is C50H32N2. The zero-order valence-electron chi connectivity index (χ0n) is 28.4. The summed E-state index contributed by atoms with van der Waals surface area (Å²) in [6.45, 7) is 0. The number of para-hydroxylation sites is 2. The van der Waals surface area contributed by atoms with E-state index in [4.69, 9.17) is 0 Å². The molecule has 0 aliphatic heterocycles. The number of rotatable bonds is 2. The summed E-state index contributed by atoms with van der Waals surface area (Å²) in [5.41, 5.74) is 6.22.